The Morgan fingerprint density at radius 1 is 1.32 bits per heavy atom. The van der Waals surface area contributed by atoms with Gasteiger partial charge in [0.2, 0.25) is 5.91 Å². The monoisotopic (exact) mass is 304 g/mol. The highest BCUT2D eigenvalue weighted by molar-refractivity contribution is 5.94. The molecule has 0 heterocycles. The van der Waals surface area contributed by atoms with Crippen LogP contribution in [0.15, 0.2) is 24.3 Å². The molecule has 1 aliphatic rings. The van der Waals surface area contributed by atoms with Crippen LogP contribution in [0.25, 0.3) is 0 Å². The number of hydrogen-bond donors (Lipinski definition) is 2. The normalized spacial score (nSPS) is 21.2. The molecule has 2 atom stereocenters. The molecule has 1 fully saturated rings. The summed E-state index contributed by atoms with van der Waals surface area (Å²) in [6.45, 7) is 2.09. The third kappa shape index (κ3) is 4.56. The Morgan fingerprint density at radius 3 is 2.82 bits per heavy atom. The van der Waals surface area contributed by atoms with Gasteiger partial charge in [-0.3, -0.25) is 4.79 Å². The average Bonchev–Trinajstić information content (AvgIpc) is 2.50. The maximum absolute atomic E-state index is 12.2. The van der Waals surface area contributed by atoms with E-state index in [-0.39, 0.29) is 23.8 Å². The minimum atomic E-state index is -0.382. The largest absolute Gasteiger partial charge is 0.462 e. The van der Waals surface area contributed by atoms with Gasteiger partial charge < -0.3 is 15.8 Å². The maximum atomic E-state index is 12.2. The second kappa shape index (κ2) is 7.94. The SMILES string of the molecule is CCOC(=O)c1cccc(NC(=O)CC2CCCCC2N)c1. The number of carbonyl (C=O) groups excluding carboxylic acids is 2. The van der Waals surface area contributed by atoms with Crippen LogP contribution in [0.4, 0.5) is 5.69 Å². The van der Waals surface area contributed by atoms with Crippen LogP contribution in [0, 0.1) is 5.92 Å². The first-order chi connectivity index (χ1) is 10.6. The summed E-state index contributed by atoms with van der Waals surface area (Å²) in [4.78, 5) is 23.8. The van der Waals surface area contributed by atoms with Crippen molar-refractivity contribution >= 4 is 17.6 Å². The van der Waals surface area contributed by atoms with Crippen LogP contribution in [0.2, 0.25) is 0 Å². The molecule has 2 unspecified atom stereocenters. The summed E-state index contributed by atoms with van der Waals surface area (Å²) in [7, 11) is 0. The van der Waals surface area contributed by atoms with Crippen molar-refractivity contribution in [1.29, 1.82) is 0 Å². The second-order valence-corrected chi connectivity index (χ2v) is 5.76. The van der Waals surface area contributed by atoms with Crippen molar-refractivity contribution < 1.29 is 14.3 Å². The van der Waals surface area contributed by atoms with Gasteiger partial charge in [0.1, 0.15) is 0 Å². The fourth-order valence-electron chi connectivity index (χ4n) is 2.88. The lowest BCUT2D eigenvalue weighted by molar-refractivity contribution is -0.117. The molecular weight excluding hydrogens is 280 g/mol. The first-order valence-electron chi connectivity index (χ1n) is 7.92. The van der Waals surface area contributed by atoms with Crippen molar-refractivity contribution in [2.75, 3.05) is 11.9 Å². The quantitative estimate of drug-likeness (QED) is 0.819. The minimum Gasteiger partial charge on any atom is -0.462 e. The van der Waals surface area contributed by atoms with E-state index in [1.54, 1.807) is 31.2 Å². The molecule has 22 heavy (non-hydrogen) atoms. The highest BCUT2D eigenvalue weighted by Crippen LogP contribution is 2.26. The lowest BCUT2D eigenvalue weighted by Gasteiger charge is -2.27. The van der Waals surface area contributed by atoms with E-state index in [4.69, 9.17) is 10.5 Å². The molecule has 0 radical (unpaired) electrons. The van der Waals surface area contributed by atoms with Gasteiger partial charge in [0.05, 0.1) is 12.2 Å². The van der Waals surface area contributed by atoms with Gasteiger partial charge in [-0.05, 0) is 43.9 Å². The number of ether oxygens (including phenoxy) is 1. The molecule has 1 saturated carbocycles. The van der Waals surface area contributed by atoms with Gasteiger partial charge in [-0.25, -0.2) is 4.79 Å². The van der Waals surface area contributed by atoms with Crippen molar-refractivity contribution in [1.82, 2.24) is 0 Å². The number of rotatable bonds is 5. The lowest BCUT2D eigenvalue weighted by atomic mass is 9.83. The Bertz CT molecular complexity index is 530. The van der Waals surface area contributed by atoms with Crippen molar-refractivity contribution in [3.05, 3.63) is 29.8 Å². The predicted octanol–water partition coefficient (Wildman–Crippen LogP) is 2.71. The van der Waals surface area contributed by atoms with E-state index in [0.717, 1.165) is 25.7 Å². The summed E-state index contributed by atoms with van der Waals surface area (Å²) in [5.74, 6) is -0.182. The van der Waals surface area contributed by atoms with Gasteiger partial charge in [0.15, 0.2) is 0 Å². The van der Waals surface area contributed by atoms with Gasteiger partial charge in [-0.15, -0.1) is 0 Å². The van der Waals surface area contributed by atoms with E-state index in [1.165, 1.54) is 0 Å². The smallest absolute Gasteiger partial charge is 0.338 e. The van der Waals surface area contributed by atoms with Crippen molar-refractivity contribution in [2.24, 2.45) is 11.7 Å². The van der Waals surface area contributed by atoms with Crippen LogP contribution in [-0.4, -0.2) is 24.5 Å². The van der Waals surface area contributed by atoms with Crippen LogP contribution in [0.5, 0.6) is 0 Å². The molecule has 0 saturated heterocycles. The van der Waals surface area contributed by atoms with Crippen molar-refractivity contribution in [3.8, 4) is 0 Å². The summed E-state index contributed by atoms with van der Waals surface area (Å²) < 4.78 is 4.96. The molecule has 0 spiro atoms. The zero-order valence-corrected chi connectivity index (χ0v) is 13.0. The molecule has 0 aromatic heterocycles. The van der Waals surface area contributed by atoms with E-state index < -0.39 is 0 Å². The zero-order chi connectivity index (χ0) is 15.9. The molecule has 1 aromatic carbocycles. The number of esters is 1. The first kappa shape index (κ1) is 16.5. The Morgan fingerprint density at radius 2 is 2.09 bits per heavy atom. The Kier molecular flexibility index (Phi) is 5.95. The molecule has 1 aromatic rings. The number of amides is 1. The fraction of sp³-hybridized carbons (Fsp3) is 0.529. The molecule has 3 N–H and O–H groups in total. The number of benzene rings is 1. The Hall–Kier alpha value is -1.88. The Labute approximate surface area is 131 Å². The minimum absolute atomic E-state index is 0.0524. The molecule has 1 amide bonds. The van der Waals surface area contributed by atoms with Crippen LogP contribution < -0.4 is 11.1 Å². The van der Waals surface area contributed by atoms with Crippen molar-refractivity contribution in [2.45, 2.75) is 45.1 Å². The number of anilines is 1. The Balaban J connectivity index is 1.93. The molecule has 0 bridgehead atoms. The molecule has 1 aliphatic carbocycles. The number of hydrogen-bond acceptors (Lipinski definition) is 4. The molecule has 5 heteroatoms. The number of nitrogens with two attached hydrogens (primary N) is 1. The highest BCUT2D eigenvalue weighted by Gasteiger charge is 2.24. The molecule has 120 valence electrons. The number of carbonyl (C=O) groups is 2. The van der Waals surface area contributed by atoms with E-state index in [2.05, 4.69) is 5.32 Å². The standard InChI is InChI=1S/C17H24N2O3/c1-2-22-17(21)13-7-5-8-14(10-13)19-16(20)11-12-6-3-4-9-15(12)18/h5,7-8,10,12,15H,2-4,6,9,11,18H2,1H3,(H,19,20). The average molecular weight is 304 g/mol. The summed E-state index contributed by atoms with van der Waals surface area (Å²) in [6.07, 6.45) is 4.74. The fourth-order valence-corrected chi connectivity index (χ4v) is 2.88. The summed E-state index contributed by atoms with van der Waals surface area (Å²) in [5.41, 5.74) is 7.13. The van der Waals surface area contributed by atoms with Gasteiger partial charge in [0, 0.05) is 18.2 Å². The van der Waals surface area contributed by atoms with E-state index in [9.17, 15) is 9.59 Å². The number of nitrogens with one attached hydrogen (secondary N) is 1. The summed E-state index contributed by atoms with van der Waals surface area (Å²) in [5, 5.41) is 2.84. The summed E-state index contributed by atoms with van der Waals surface area (Å²) in [6, 6.07) is 6.92. The van der Waals surface area contributed by atoms with E-state index >= 15 is 0 Å². The van der Waals surface area contributed by atoms with Crippen LogP contribution in [0.1, 0.15) is 49.4 Å². The maximum Gasteiger partial charge on any atom is 0.338 e. The van der Waals surface area contributed by atoms with Gasteiger partial charge >= 0.3 is 5.97 Å². The highest BCUT2D eigenvalue weighted by atomic mass is 16.5. The van der Waals surface area contributed by atoms with Gasteiger partial charge in [-0.1, -0.05) is 18.9 Å². The van der Waals surface area contributed by atoms with Crippen LogP contribution in [0.3, 0.4) is 0 Å². The van der Waals surface area contributed by atoms with Gasteiger partial charge in [-0.2, -0.15) is 0 Å². The molecule has 5 nitrogen and oxygen atoms in total. The predicted molar refractivity (Wildman–Crippen MR) is 85.6 cm³/mol. The van der Waals surface area contributed by atoms with E-state index in [1.807, 2.05) is 0 Å². The molecule has 2 rings (SSSR count). The zero-order valence-electron chi connectivity index (χ0n) is 13.0. The van der Waals surface area contributed by atoms with Crippen molar-refractivity contribution in [3.63, 3.8) is 0 Å². The van der Waals surface area contributed by atoms with Crippen LogP contribution >= 0.6 is 0 Å². The topological polar surface area (TPSA) is 81.4 Å². The van der Waals surface area contributed by atoms with E-state index in [0.29, 0.717) is 24.3 Å². The van der Waals surface area contributed by atoms with Crippen LogP contribution in [-0.2, 0) is 9.53 Å². The third-order valence-corrected chi connectivity index (χ3v) is 4.07. The molecule has 0 aliphatic heterocycles. The summed E-state index contributed by atoms with van der Waals surface area (Å²) >= 11 is 0. The first-order valence-corrected chi connectivity index (χ1v) is 7.92. The third-order valence-electron chi connectivity index (χ3n) is 4.07. The lowest BCUT2D eigenvalue weighted by Crippen LogP contribution is -2.35. The molecular formula is C17H24N2O3. The van der Waals surface area contributed by atoms with Gasteiger partial charge in [0.25, 0.3) is 0 Å². The second-order valence-electron chi connectivity index (χ2n) is 5.76.